The van der Waals surface area contributed by atoms with Gasteiger partial charge >= 0.3 is 0 Å². The Kier molecular flexibility index (Phi) is 5.16. The largest absolute Gasteiger partial charge is 0.497 e. The molecule has 3 aromatic rings. The van der Waals surface area contributed by atoms with Crippen LogP contribution in [0.2, 0.25) is 0 Å². The molecule has 33 heavy (non-hydrogen) atoms. The van der Waals surface area contributed by atoms with Gasteiger partial charge in [0.25, 0.3) is 0 Å². The summed E-state index contributed by atoms with van der Waals surface area (Å²) in [7, 11) is -1.73. The molecule has 0 aliphatic carbocycles. The Morgan fingerprint density at radius 2 is 1.79 bits per heavy atom. The van der Waals surface area contributed by atoms with Crippen LogP contribution in [0, 0.1) is 5.92 Å². The highest BCUT2D eigenvalue weighted by Crippen LogP contribution is 2.34. The number of methoxy groups -OCH3 is 1. The van der Waals surface area contributed by atoms with Gasteiger partial charge in [0.2, 0.25) is 11.8 Å². The second-order valence-electron chi connectivity index (χ2n) is 8.15. The Bertz CT molecular complexity index is 1330. The predicted octanol–water partition coefficient (Wildman–Crippen LogP) is 2.30. The number of nitrogens with one attached hydrogen (secondary N) is 1. The van der Waals surface area contributed by atoms with E-state index in [2.05, 4.69) is 10.4 Å². The Hall–Kier alpha value is -3.66. The number of para-hydroxylation sites is 1. The van der Waals surface area contributed by atoms with E-state index in [1.165, 1.54) is 0 Å². The Labute approximate surface area is 190 Å². The number of anilines is 2. The molecular weight excluding hydrogens is 444 g/mol. The average molecular weight is 467 g/mol. The number of hydrogen-bond acceptors (Lipinski definition) is 6. The molecule has 1 saturated heterocycles. The van der Waals surface area contributed by atoms with Gasteiger partial charge in [-0.05, 0) is 36.4 Å². The second-order valence-corrected chi connectivity index (χ2v) is 10.2. The molecule has 0 saturated carbocycles. The van der Waals surface area contributed by atoms with Gasteiger partial charge in [0.15, 0.2) is 9.84 Å². The van der Waals surface area contributed by atoms with Gasteiger partial charge in [-0.25, -0.2) is 13.1 Å². The van der Waals surface area contributed by atoms with Crippen LogP contribution in [-0.2, 0) is 30.9 Å². The van der Waals surface area contributed by atoms with Gasteiger partial charge < -0.3 is 15.0 Å². The van der Waals surface area contributed by atoms with E-state index in [4.69, 9.17) is 4.74 Å². The van der Waals surface area contributed by atoms with Gasteiger partial charge in [-0.1, -0.05) is 18.2 Å². The number of hydrogen-bond donors (Lipinski definition) is 1. The maximum Gasteiger partial charge on any atom is 0.230 e. The van der Waals surface area contributed by atoms with Crippen LogP contribution >= 0.6 is 0 Å². The van der Waals surface area contributed by atoms with E-state index in [0.717, 1.165) is 0 Å². The van der Waals surface area contributed by atoms with Gasteiger partial charge in [-0.3, -0.25) is 9.59 Å². The second kappa shape index (κ2) is 8.04. The smallest absolute Gasteiger partial charge is 0.230 e. The lowest BCUT2D eigenvalue weighted by molar-refractivity contribution is -0.122. The molecule has 2 aromatic carbocycles. The van der Waals surface area contributed by atoms with Crippen LogP contribution in [0.1, 0.15) is 17.7 Å². The molecule has 2 amide bonds. The zero-order valence-electron chi connectivity index (χ0n) is 17.9. The number of carbonyl (C=O) groups is 2. The number of ether oxygens (including phenoxy) is 1. The molecule has 0 bridgehead atoms. The summed E-state index contributed by atoms with van der Waals surface area (Å²) in [4.78, 5) is 27.4. The topological polar surface area (TPSA) is 111 Å². The molecule has 3 heterocycles. The summed E-state index contributed by atoms with van der Waals surface area (Å²) in [5.41, 5.74) is 2.35. The van der Waals surface area contributed by atoms with Crippen molar-refractivity contribution in [2.45, 2.75) is 17.9 Å². The minimum absolute atomic E-state index is 0.0673. The number of aromatic nitrogens is 2. The van der Waals surface area contributed by atoms with E-state index in [0.29, 0.717) is 34.2 Å². The maximum absolute atomic E-state index is 13.2. The van der Waals surface area contributed by atoms with Crippen molar-refractivity contribution in [3.63, 3.8) is 0 Å². The van der Waals surface area contributed by atoms with E-state index >= 15 is 0 Å². The van der Waals surface area contributed by atoms with E-state index in [-0.39, 0.29) is 36.3 Å². The summed E-state index contributed by atoms with van der Waals surface area (Å²) in [5, 5.41) is 7.34. The van der Waals surface area contributed by atoms with Crippen LogP contribution in [0.25, 0.3) is 5.69 Å². The molecule has 5 rings (SSSR count). The van der Waals surface area contributed by atoms with Gasteiger partial charge in [0.05, 0.1) is 35.9 Å². The van der Waals surface area contributed by atoms with Crippen LogP contribution in [0.5, 0.6) is 5.75 Å². The first kappa shape index (κ1) is 21.2. The number of fused-ring (bicyclic) bond motifs is 1. The first-order valence-corrected chi connectivity index (χ1v) is 12.3. The Morgan fingerprint density at radius 1 is 1.06 bits per heavy atom. The fraction of sp³-hybridized carbons (Fsp3) is 0.261. The molecule has 1 aromatic heterocycles. The van der Waals surface area contributed by atoms with Crippen molar-refractivity contribution >= 4 is 33.2 Å². The van der Waals surface area contributed by atoms with Crippen molar-refractivity contribution in [2.24, 2.45) is 5.92 Å². The Morgan fingerprint density at radius 3 is 2.48 bits per heavy atom. The number of amides is 2. The highest BCUT2D eigenvalue weighted by atomic mass is 32.2. The molecule has 1 N–H and O–H groups in total. The minimum Gasteiger partial charge on any atom is -0.497 e. The number of nitrogens with zero attached hydrogens (tertiary/aromatic N) is 3. The third kappa shape index (κ3) is 3.97. The molecule has 9 nitrogen and oxygen atoms in total. The van der Waals surface area contributed by atoms with Crippen LogP contribution in [0.3, 0.4) is 0 Å². The lowest BCUT2D eigenvalue weighted by atomic mass is 10.1. The summed E-state index contributed by atoms with van der Waals surface area (Å²) < 4.78 is 31.0. The standard InChI is InChI=1S/C23H22N4O5S/c1-32-18-9-7-16(8-10-18)26-12-15(11-21(26)28)23(29)24-22-19-13-33(30,31)14-20(19)25-27(22)17-5-3-2-4-6-17/h2-10,15H,11-14H2,1H3,(H,24,29)/t15-/m0/s1. The first-order valence-electron chi connectivity index (χ1n) is 10.5. The van der Waals surface area contributed by atoms with Crippen molar-refractivity contribution in [1.29, 1.82) is 0 Å². The summed E-state index contributed by atoms with van der Waals surface area (Å²) in [5.74, 6) is -0.374. The molecule has 1 fully saturated rings. The number of benzene rings is 2. The molecular formula is C23H22N4O5S. The van der Waals surface area contributed by atoms with Crippen LogP contribution in [0.15, 0.2) is 54.6 Å². The van der Waals surface area contributed by atoms with E-state index in [1.54, 1.807) is 41.0 Å². The van der Waals surface area contributed by atoms with Gasteiger partial charge in [-0.15, -0.1) is 0 Å². The maximum atomic E-state index is 13.2. The molecule has 0 radical (unpaired) electrons. The molecule has 1 atom stereocenters. The summed E-state index contributed by atoms with van der Waals surface area (Å²) in [6, 6.07) is 16.3. The highest BCUT2D eigenvalue weighted by molar-refractivity contribution is 7.90. The third-order valence-electron chi connectivity index (χ3n) is 5.91. The Balaban J connectivity index is 1.40. The molecule has 0 unspecified atom stereocenters. The molecule has 2 aliphatic heterocycles. The van der Waals surface area contributed by atoms with E-state index in [1.807, 2.05) is 30.3 Å². The third-order valence-corrected chi connectivity index (χ3v) is 7.35. The lowest BCUT2D eigenvalue weighted by Gasteiger charge is -2.17. The normalized spacial score (nSPS) is 18.9. The molecule has 2 aliphatic rings. The van der Waals surface area contributed by atoms with Crippen molar-refractivity contribution in [2.75, 3.05) is 23.9 Å². The zero-order valence-corrected chi connectivity index (χ0v) is 18.7. The predicted molar refractivity (Wildman–Crippen MR) is 122 cm³/mol. The fourth-order valence-electron chi connectivity index (χ4n) is 4.24. The van der Waals surface area contributed by atoms with Crippen LogP contribution in [-0.4, -0.2) is 43.7 Å². The van der Waals surface area contributed by atoms with Crippen LogP contribution < -0.4 is 15.0 Å². The number of carbonyl (C=O) groups excluding carboxylic acids is 2. The van der Waals surface area contributed by atoms with Crippen molar-refractivity contribution < 1.29 is 22.7 Å². The zero-order chi connectivity index (χ0) is 23.2. The minimum atomic E-state index is -3.30. The number of sulfone groups is 1. The van der Waals surface area contributed by atoms with Gasteiger partial charge in [0, 0.05) is 24.2 Å². The summed E-state index contributed by atoms with van der Waals surface area (Å²) in [6.45, 7) is 0.233. The van der Waals surface area contributed by atoms with Crippen molar-refractivity contribution in [1.82, 2.24) is 9.78 Å². The van der Waals surface area contributed by atoms with E-state index in [9.17, 15) is 18.0 Å². The van der Waals surface area contributed by atoms with Gasteiger partial charge in [0.1, 0.15) is 11.6 Å². The quantitative estimate of drug-likeness (QED) is 0.618. The molecule has 0 spiro atoms. The summed E-state index contributed by atoms with van der Waals surface area (Å²) >= 11 is 0. The fourth-order valence-corrected chi connectivity index (χ4v) is 5.73. The first-order chi connectivity index (χ1) is 15.8. The highest BCUT2D eigenvalue weighted by Gasteiger charge is 2.38. The molecule has 10 heteroatoms. The van der Waals surface area contributed by atoms with Crippen LogP contribution in [0.4, 0.5) is 11.5 Å². The van der Waals surface area contributed by atoms with Gasteiger partial charge in [-0.2, -0.15) is 5.10 Å². The summed E-state index contributed by atoms with van der Waals surface area (Å²) in [6.07, 6.45) is 0.0673. The van der Waals surface area contributed by atoms with Crippen molar-refractivity contribution in [3.8, 4) is 11.4 Å². The average Bonchev–Trinajstić information content (AvgIpc) is 3.44. The monoisotopic (exact) mass is 466 g/mol. The SMILES string of the molecule is COc1ccc(N2C[C@@H](C(=O)Nc3c4c(nn3-c3ccccc3)CS(=O)(=O)C4)CC2=O)cc1. The van der Waals surface area contributed by atoms with Crippen molar-refractivity contribution in [3.05, 3.63) is 65.9 Å². The number of rotatable bonds is 5. The molecule has 170 valence electrons. The lowest BCUT2D eigenvalue weighted by Crippen LogP contribution is -2.29. The van der Waals surface area contributed by atoms with E-state index < -0.39 is 15.8 Å².